The molecule has 0 fully saturated rings. The average molecular weight is 143 g/mol. The summed E-state index contributed by atoms with van der Waals surface area (Å²) < 4.78 is 0. The second-order valence-corrected chi connectivity index (χ2v) is 4.49. The SMILES string of the molecule is CCC1(C)N=CC(C)S1. The topological polar surface area (TPSA) is 12.4 Å². The Bertz CT molecular complexity index is 133. The summed E-state index contributed by atoms with van der Waals surface area (Å²) in [6.45, 7) is 6.56. The van der Waals surface area contributed by atoms with Gasteiger partial charge in [0, 0.05) is 11.5 Å². The fourth-order valence-electron chi connectivity index (χ4n) is 0.899. The van der Waals surface area contributed by atoms with E-state index in [1.165, 1.54) is 0 Å². The maximum atomic E-state index is 4.41. The Morgan fingerprint density at radius 1 is 1.78 bits per heavy atom. The van der Waals surface area contributed by atoms with Crippen LogP contribution in [0.1, 0.15) is 27.2 Å². The third-order valence-corrected chi connectivity index (χ3v) is 3.05. The molecule has 52 valence electrons. The number of nitrogens with zero attached hydrogens (tertiary/aromatic N) is 1. The first-order valence-corrected chi connectivity index (χ1v) is 4.27. The molecule has 0 N–H and O–H groups in total. The van der Waals surface area contributed by atoms with Gasteiger partial charge >= 0.3 is 0 Å². The lowest BCUT2D eigenvalue weighted by Gasteiger charge is -2.17. The van der Waals surface area contributed by atoms with Crippen LogP contribution >= 0.6 is 11.8 Å². The first-order valence-electron chi connectivity index (χ1n) is 3.39. The van der Waals surface area contributed by atoms with Crippen molar-refractivity contribution in [3.05, 3.63) is 0 Å². The van der Waals surface area contributed by atoms with Crippen LogP contribution in [0.25, 0.3) is 0 Å². The third kappa shape index (κ3) is 1.48. The highest BCUT2D eigenvalue weighted by molar-refractivity contribution is 8.02. The van der Waals surface area contributed by atoms with Crippen LogP contribution in [-0.2, 0) is 0 Å². The Labute approximate surface area is 60.9 Å². The molecule has 9 heavy (non-hydrogen) atoms. The highest BCUT2D eigenvalue weighted by Gasteiger charge is 2.27. The summed E-state index contributed by atoms with van der Waals surface area (Å²) in [6.07, 6.45) is 3.19. The van der Waals surface area contributed by atoms with E-state index in [4.69, 9.17) is 0 Å². The molecule has 1 aliphatic heterocycles. The highest BCUT2D eigenvalue weighted by Crippen LogP contribution is 2.37. The number of aliphatic imine (C=N–C) groups is 1. The molecule has 2 unspecified atom stereocenters. The summed E-state index contributed by atoms with van der Waals surface area (Å²) in [6, 6.07) is 0. The van der Waals surface area contributed by atoms with Gasteiger partial charge < -0.3 is 0 Å². The van der Waals surface area contributed by atoms with Crippen LogP contribution in [0.5, 0.6) is 0 Å². The van der Waals surface area contributed by atoms with E-state index < -0.39 is 0 Å². The van der Waals surface area contributed by atoms with Crippen molar-refractivity contribution < 1.29 is 0 Å². The van der Waals surface area contributed by atoms with Crippen molar-refractivity contribution in [1.29, 1.82) is 0 Å². The maximum Gasteiger partial charge on any atom is 0.103 e. The van der Waals surface area contributed by atoms with Gasteiger partial charge in [-0.1, -0.05) is 6.92 Å². The van der Waals surface area contributed by atoms with Crippen molar-refractivity contribution in [2.45, 2.75) is 37.3 Å². The van der Waals surface area contributed by atoms with Crippen molar-refractivity contribution in [2.75, 3.05) is 0 Å². The number of hydrogen-bond acceptors (Lipinski definition) is 2. The molecular weight excluding hydrogens is 130 g/mol. The molecule has 2 heteroatoms. The standard InChI is InChI=1S/C7H13NS/c1-4-7(3)8-5-6(2)9-7/h5-6H,4H2,1-3H3. The zero-order valence-corrected chi connectivity index (χ0v) is 7.03. The first-order chi connectivity index (χ1) is 4.16. The van der Waals surface area contributed by atoms with E-state index in [2.05, 4.69) is 25.8 Å². The molecule has 0 saturated carbocycles. The van der Waals surface area contributed by atoms with Crippen LogP contribution in [-0.4, -0.2) is 16.3 Å². The van der Waals surface area contributed by atoms with Crippen LogP contribution in [0.15, 0.2) is 4.99 Å². The minimum absolute atomic E-state index is 0.194. The molecule has 0 radical (unpaired) electrons. The maximum absolute atomic E-state index is 4.41. The second-order valence-electron chi connectivity index (χ2n) is 2.63. The lowest BCUT2D eigenvalue weighted by Crippen LogP contribution is -2.11. The highest BCUT2D eigenvalue weighted by atomic mass is 32.2. The molecule has 1 nitrogen and oxygen atoms in total. The van der Waals surface area contributed by atoms with Gasteiger partial charge in [0.05, 0.1) is 0 Å². The molecule has 0 aromatic rings. The fraction of sp³-hybridized carbons (Fsp3) is 0.857. The van der Waals surface area contributed by atoms with Gasteiger partial charge in [0.15, 0.2) is 0 Å². The summed E-state index contributed by atoms with van der Waals surface area (Å²) in [5.74, 6) is 0. The van der Waals surface area contributed by atoms with Gasteiger partial charge in [-0.2, -0.15) is 0 Å². The normalized spacial score (nSPS) is 41.9. The van der Waals surface area contributed by atoms with Crippen molar-refractivity contribution >= 4 is 18.0 Å². The van der Waals surface area contributed by atoms with E-state index in [0.29, 0.717) is 5.25 Å². The van der Waals surface area contributed by atoms with E-state index >= 15 is 0 Å². The number of rotatable bonds is 1. The van der Waals surface area contributed by atoms with Gasteiger partial charge in [-0.15, -0.1) is 11.8 Å². The minimum atomic E-state index is 0.194. The average Bonchev–Trinajstić information content (AvgIpc) is 2.13. The summed E-state index contributed by atoms with van der Waals surface area (Å²) in [5, 5.41) is 0.620. The second kappa shape index (κ2) is 2.33. The molecule has 0 bridgehead atoms. The Morgan fingerprint density at radius 2 is 2.44 bits per heavy atom. The van der Waals surface area contributed by atoms with Gasteiger partial charge in [0.1, 0.15) is 4.87 Å². The zero-order valence-electron chi connectivity index (χ0n) is 6.22. The van der Waals surface area contributed by atoms with Gasteiger partial charge in [-0.3, -0.25) is 4.99 Å². The lowest BCUT2D eigenvalue weighted by atomic mass is 10.3. The monoisotopic (exact) mass is 143 g/mol. The molecule has 0 spiro atoms. The lowest BCUT2D eigenvalue weighted by molar-refractivity contribution is 0.664. The molecule has 0 aromatic heterocycles. The number of hydrogen-bond donors (Lipinski definition) is 0. The quantitative estimate of drug-likeness (QED) is 0.548. The summed E-state index contributed by atoms with van der Waals surface area (Å²) in [5.41, 5.74) is 0. The Kier molecular flexibility index (Phi) is 1.85. The smallest absolute Gasteiger partial charge is 0.103 e. The summed E-state index contributed by atoms with van der Waals surface area (Å²) in [7, 11) is 0. The molecule has 0 aromatic carbocycles. The van der Waals surface area contributed by atoms with Gasteiger partial charge in [-0.25, -0.2) is 0 Å². The van der Waals surface area contributed by atoms with Crippen LogP contribution < -0.4 is 0 Å². The van der Waals surface area contributed by atoms with Crippen molar-refractivity contribution in [1.82, 2.24) is 0 Å². The zero-order chi connectivity index (χ0) is 6.91. The predicted molar refractivity (Wildman–Crippen MR) is 44.2 cm³/mol. The van der Waals surface area contributed by atoms with Gasteiger partial charge in [0.25, 0.3) is 0 Å². The number of thioether (sulfide) groups is 1. The van der Waals surface area contributed by atoms with E-state index in [9.17, 15) is 0 Å². The van der Waals surface area contributed by atoms with Crippen LogP contribution in [0, 0.1) is 0 Å². The summed E-state index contributed by atoms with van der Waals surface area (Å²) >= 11 is 1.95. The van der Waals surface area contributed by atoms with Gasteiger partial charge in [0.2, 0.25) is 0 Å². The fourth-order valence-corrected chi connectivity index (χ4v) is 2.11. The van der Waals surface area contributed by atoms with Crippen molar-refractivity contribution in [2.24, 2.45) is 4.99 Å². The first kappa shape index (κ1) is 7.13. The molecule has 0 amide bonds. The Hall–Kier alpha value is 0.0200. The van der Waals surface area contributed by atoms with Crippen LogP contribution in [0.2, 0.25) is 0 Å². The molecule has 0 aliphatic carbocycles. The molecule has 1 aliphatic rings. The predicted octanol–water partition coefficient (Wildman–Crippen LogP) is 2.32. The van der Waals surface area contributed by atoms with E-state index in [0.717, 1.165) is 6.42 Å². The van der Waals surface area contributed by atoms with Gasteiger partial charge in [-0.05, 0) is 20.3 Å². The van der Waals surface area contributed by atoms with Crippen LogP contribution in [0.4, 0.5) is 0 Å². The molecule has 1 rings (SSSR count). The van der Waals surface area contributed by atoms with E-state index in [-0.39, 0.29) is 4.87 Å². The van der Waals surface area contributed by atoms with Crippen molar-refractivity contribution in [3.63, 3.8) is 0 Å². The minimum Gasteiger partial charge on any atom is -0.279 e. The summed E-state index contributed by atoms with van der Waals surface area (Å²) in [4.78, 5) is 4.60. The Balaban J connectivity index is 2.57. The van der Waals surface area contributed by atoms with Crippen LogP contribution in [0.3, 0.4) is 0 Å². The molecular formula is C7H13NS. The molecule has 2 atom stereocenters. The van der Waals surface area contributed by atoms with Crippen molar-refractivity contribution in [3.8, 4) is 0 Å². The van der Waals surface area contributed by atoms with E-state index in [1.54, 1.807) is 0 Å². The molecule has 0 saturated heterocycles. The largest absolute Gasteiger partial charge is 0.279 e. The Morgan fingerprint density at radius 3 is 2.67 bits per heavy atom. The van der Waals surface area contributed by atoms with E-state index in [1.807, 2.05) is 18.0 Å². The molecule has 1 heterocycles. The third-order valence-electron chi connectivity index (χ3n) is 1.65.